The summed E-state index contributed by atoms with van der Waals surface area (Å²) in [5.74, 6) is -1.28. The van der Waals surface area contributed by atoms with Crippen LogP contribution in [0.1, 0.15) is 0 Å². The van der Waals surface area contributed by atoms with Crippen molar-refractivity contribution in [3.8, 4) is 11.3 Å². The van der Waals surface area contributed by atoms with Gasteiger partial charge in [0.05, 0.1) is 5.69 Å². The highest BCUT2D eigenvalue weighted by atomic mass is 19.2. The van der Waals surface area contributed by atoms with Gasteiger partial charge in [-0.3, -0.25) is 0 Å². The number of nitrogens with zero attached hydrogens (tertiary/aromatic N) is 3. The van der Waals surface area contributed by atoms with Crippen LogP contribution < -0.4 is 10.6 Å². The average Bonchev–Trinajstić information content (AvgIpc) is 2.42. The van der Waals surface area contributed by atoms with E-state index in [0.717, 1.165) is 12.1 Å². The lowest BCUT2D eigenvalue weighted by Gasteiger charge is -2.16. The van der Waals surface area contributed by atoms with Crippen LogP contribution in [0.3, 0.4) is 0 Å². The highest BCUT2D eigenvalue weighted by molar-refractivity contribution is 5.60. The molecule has 0 unspecified atom stereocenters. The third kappa shape index (κ3) is 3.03. The number of benzene rings is 1. The minimum Gasteiger partial charge on any atom is -0.343 e. The number of nitrogens with two attached hydrogens (primary N) is 1. The first-order valence-corrected chi connectivity index (χ1v) is 5.81. The van der Waals surface area contributed by atoms with Gasteiger partial charge < -0.3 is 10.6 Å². The molecule has 0 aliphatic carbocycles. The Kier molecular flexibility index (Phi) is 4.01. The van der Waals surface area contributed by atoms with Crippen LogP contribution in [-0.2, 0) is 0 Å². The van der Waals surface area contributed by atoms with Crippen molar-refractivity contribution < 1.29 is 8.78 Å². The van der Waals surface area contributed by atoms with E-state index in [0.29, 0.717) is 30.3 Å². The van der Waals surface area contributed by atoms with E-state index in [1.54, 1.807) is 17.2 Å². The zero-order valence-electron chi connectivity index (χ0n) is 10.5. The van der Waals surface area contributed by atoms with Gasteiger partial charge in [0, 0.05) is 31.9 Å². The van der Waals surface area contributed by atoms with E-state index < -0.39 is 11.6 Å². The zero-order chi connectivity index (χ0) is 13.8. The Morgan fingerprint density at radius 2 is 2.00 bits per heavy atom. The van der Waals surface area contributed by atoms with Crippen molar-refractivity contribution >= 4 is 5.95 Å². The molecule has 0 spiro atoms. The van der Waals surface area contributed by atoms with Crippen molar-refractivity contribution in [2.75, 3.05) is 25.0 Å². The van der Waals surface area contributed by atoms with Crippen molar-refractivity contribution in [1.29, 1.82) is 0 Å². The van der Waals surface area contributed by atoms with Crippen LogP contribution in [0.25, 0.3) is 11.3 Å². The molecule has 2 rings (SSSR count). The van der Waals surface area contributed by atoms with Crippen LogP contribution in [0.4, 0.5) is 14.7 Å². The number of aromatic nitrogens is 2. The van der Waals surface area contributed by atoms with Crippen LogP contribution in [0.5, 0.6) is 0 Å². The molecule has 4 nitrogen and oxygen atoms in total. The molecule has 2 N–H and O–H groups in total. The minimum atomic E-state index is -0.895. The molecule has 0 bridgehead atoms. The summed E-state index contributed by atoms with van der Waals surface area (Å²) in [5, 5.41) is 0. The predicted molar refractivity (Wildman–Crippen MR) is 69.7 cm³/mol. The van der Waals surface area contributed by atoms with Crippen molar-refractivity contribution in [2.45, 2.75) is 0 Å². The third-order valence-corrected chi connectivity index (χ3v) is 2.66. The Hall–Kier alpha value is -2.08. The minimum absolute atomic E-state index is 0.481. The summed E-state index contributed by atoms with van der Waals surface area (Å²) in [6.45, 7) is 1.09. The molecular weight excluding hydrogens is 250 g/mol. The predicted octanol–water partition coefficient (Wildman–Crippen LogP) is 1.82. The van der Waals surface area contributed by atoms with Gasteiger partial charge in [0.1, 0.15) is 0 Å². The normalized spacial score (nSPS) is 10.5. The topological polar surface area (TPSA) is 55.0 Å². The van der Waals surface area contributed by atoms with Gasteiger partial charge in [-0.2, -0.15) is 0 Å². The summed E-state index contributed by atoms with van der Waals surface area (Å²) in [5.41, 5.74) is 6.50. The second-order valence-electron chi connectivity index (χ2n) is 4.08. The molecule has 0 aliphatic rings. The van der Waals surface area contributed by atoms with Gasteiger partial charge in [-0.25, -0.2) is 18.7 Å². The van der Waals surface area contributed by atoms with Crippen LogP contribution in [0.15, 0.2) is 30.5 Å². The molecule has 1 heterocycles. The summed E-state index contributed by atoms with van der Waals surface area (Å²) < 4.78 is 26.1. The lowest BCUT2D eigenvalue weighted by Crippen LogP contribution is -2.26. The Labute approximate surface area is 109 Å². The monoisotopic (exact) mass is 264 g/mol. The number of rotatable bonds is 4. The maximum atomic E-state index is 13.2. The fraction of sp³-hybridized carbons (Fsp3) is 0.231. The van der Waals surface area contributed by atoms with Gasteiger partial charge in [0.15, 0.2) is 11.6 Å². The number of likely N-dealkylation sites (N-methyl/N-ethyl adjacent to an activating group) is 1. The Bertz CT molecular complexity index is 574. The van der Waals surface area contributed by atoms with Crippen molar-refractivity contribution in [2.24, 2.45) is 5.73 Å². The maximum Gasteiger partial charge on any atom is 0.225 e. The van der Waals surface area contributed by atoms with E-state index in [2.05, 4.69) is 9.97 Å². The van der Waals surface area contributed by atoms with E-state index >= 15 is 0 Å². The van der Waals surface area contributed by atoms with E-state index in [-0.39, 0.29) is 0 Å². The Morgan fingerprint density at radius 1 is 1.21 bits per heavy atom. The van der Waals surface area contributed by atoms with Gasteiger partial charge in [-0.15, -0.1) is 0 Å². The van der Waals surface area contributed by atoms with Crippen molar-refractivity contribution in [3.05, 3.63) is 42.1 Å². The molecule has 1 aromatic carbocycles. The van der Waals surface area contributed by atoms with Gasteiger partial charge in [0.2, 0.25) is 5.95 Å². The molecule has 0 fully saturated rings. The fourth-order valence-electron chi connectivity index (χ4n) is 1.64. The van der Waals surface area contributed by atoms with Crippen LogP contribution in [0.2, 0.25) is 0 Å². The van der Waals surface area contributed by atoms with E-state index in [9.17, 15) is 8.78 Å². The van der Waals surface area contributed by atoms with E-state index in [1.165, 1.54) is 6.07 Å². The second-order valence-corrected chi connectivity index (χ2v) is 4.08. The van der Waals surface area contributed by atoms with Crippen LogP contribution in [0, 0.1) is 11.6 Å². The average molecular weight is 264 g/mol. The first-order chi connectivity index (χ1) is 9.11. The molecule has 2 aromatic rings. The molecule has 0 radical (unpaired) electrons. The first-order valence-electron chi connectivity index (χ1n) is 5.81. The van der Waals surface area contributed by atoms with Gasteiger partial charge in [-0.1, -0.05) is 0 Å². The number of hydrogen-bond acceptors (Lipinski definition) is 4. The van der Waals surface area contributed by atoms with E-state index in [1.807, 2.05) is 7.05 Å². The molecule has 1 aromatic heterocycles. The molecule has 0 saturated heterocycles. The van der Waals surface area contributed by atoms with Crippen molar-refractivity contribution in [1.82, 2.24) is 9.97 Å². The van der Waals surface area contributed by atoms with Crippen molar-refractivity contribution in [3.63, 3.8) is 0 Å². The highest BCUT2D eigenvalue weighted by Crippen LogP contribution is 2.20. The van der Waals surface area contributed by atoms with Gasteiger partial charge in [-0.05, 0) is 24.3 Å². The smallest absolute Gasteiger partial charge is 0.225 e. The first kappa shape index (κ1) is 13.4. The lowest BCUT2D eigenvalue weighted by atomic mass is 10.1. The highest BCUT2D eigenvalue weighted by Gasteiger charge is 2.08. The summed E-state index contributed by atoms with van der Waals surface area (Å²) in [6.07, 6.45) is 1.58. The standard InChI is InChI=1S/C13H14F2N4/c1-19(7-5-16)13-17-6-4-12(18-13)9-2-3-10(14)11(15)8-9/h2-4,6,8H,5,7,16H2,1H3. The molecule has 19 heavy (non-hydrogen) atoms. The number of halogens is 2. The molecular formula is C13H14F2N4. The largest absolute Gasteiger partial charge is 0.343 e. The molecule has 0 amide bonds. The van der Waals surface area contributed by atoms with Gasteiger partial charge >= 0.3 is 0 Å². The zero-order valence-corrected chi connectivity index (χ0v) is 10.5. The summed E-state index contributed by atoms with van der Waals surface area (Å²) in [4.78, 5) is 10.2. The lowest BCUT2D eigenvalue weighted by molar-refractivity contribution is 0.509. The van der Waals surface area contributed by atoms with Gasteiger partial charge in [0.25, 0.3) is 0 Å². The number of hydrogen-bond donors (Lipinski definition) is 1. The molecule has 0 saturated carbocycles. The Morgan fingerprint density at radius 3 is 2.68 bits per heavy atom. The van der Waals surface area contributed by atoms with Crippen LogP contribution in [-0.4, -0.2) is 30.1 Å². The SMILES string of the molecule is CN(CCN)c1nccc(-c2ccc(F)c(F)c2)n1. The summed E-state index contributed by atoms with van der Waals surface area (Å²) in [7, 11) is 1.82. The second kappa shape index (κ2) is 5.71. The summed E-state index contributed by atoms with van der Waals surface area (Å²) >= 11 is 0. The third-order valence-electron chi connectivity index (χ3n) is 2.66. The molecule has 0 aliphatic heterocycles. The molecule has 100 valence electrons. The Balaban J connectivity index is 2.34. The van der Waals surface area contributed by atoms with E-state index in [4.69, 9.17) is 5.73 Å². The molecule has 0 atom stereocenters. The van der Waals surface area contributed by atoms with Crippen LogP contribution >= 0.6 is 0 Å². The summed E-state index contributed by atoms with van der Waals surface area (Å²) in [6, 6.07) is 5.32. The number of anilines is 1. The maximum absolute atomic E-state index is 13.2. The molecule has 6 heteroatoms. The quantitative estimate of drug-likeness (QED) is 0.915. The fourth-order valence-corrected chi connectivity index (χ4v) is 1.64.